The number of hydrogen-bond acceptors (Lipinski definition) is 7. The first-order valence-corrected chi connectivity index (χ1v) is 14.1. The summed E-state index contributed by atoms with van der Waals surface area (Å²) < 4.78 is 0.560. The first kappa shape index (κ1) is 26.9. The highest BCUT2D eigenvalue weighted by atomic mass is 32.2. The molecule has 2 heterocycles. The van der Waals surface area contributed by atoms with Crippen LogP contribution in [0.5, 0.6) is 0 Å². The van der Waals surface area contributed by atoms with Crippen LogP contribution in [0.3, 0.4) is 0 Å². The molecule has 0 bridgehead atoms. The molecular formula is C26H27N5O3S3. The minimum Gasteiger partial charge on any atom is -0.333 e. The molecule has 37 heavy (non-hydrogen) atoms. The molecule has 0 unspecified atom stereocenters. The normalized spacial score (nSPS) is 14.5. The number of fused-ring (bicyclic) bond motifs is 1. The Bertz CT molecular complexity index is 1300. The van der Waals surface area contributed by atoms with Gasteiger partial charge < -0.3 is 4.98 Å². The molecule has 0 saturated carbocycles. The van der Waals surface area contributed by atoms with Crippen molar-refractivity contribution in [3.05, 3.63) is 64.6 Å². The number of H-pyrrole nitrogens is 1. The van der Waals surface area contributed by atoms with Crippen LogP contribution in [0.1, 0.15) is 36.8 Å². The first-order valence-electron chi connectivity index (χ1n) is 11.9. The molecule has 0 atom stereocenters. The Labute approximate surface area is 229 Å². The number of imidazole rings is 1. The van der Waals surface area contributed by atoms with E-state index in [-0.39, 0.29) is 29.9 Å². The summed E-state index contributed by atoms with van der Waals surface area (Å²) in [4.78, 5) is 46.6. The number of nitrogens with zero attached hydrogens (tertiary/aromatic N) is 2. The summed E-state index contributed by atoms with van der Waals surface area (Å²) in [5.74, 6) is -0.514. The molecule has 3 N–H and O–H groups in total. The molecule has 0 aliphatic carbocycles. The molecule has 4 rings (SSSR count). The largest absolute Gasteiger partial charge is 0.333 e. The quantitative estimate of drug-likeness (QED) is 0.111. The van der Waals surface area contributed by atoms with Crippen molar-refractivity contribution in [1.29, 1.82) is 0 Å². The molecule has 8 nitrogen and oxygen atoms in total. The smallest absolute Gasteiger partial charge is 0.266 e. The number of aromatic amines is 1. The van der Waals surface area contributed by atoms with Crippen molar-refractivity contribution in [3.8, 4) is 0 Å². The topological polar surface area (TPSA) is 107 Å². The van der Waals surface area contributed by atoms with Gasteiger partial charge in [0.1, 0.15) is 4.32 Å². The van der Waals surface area contributed by atoms with Crippen LogP contribution in [0.25, 0.3) is 17.1 Å². The maximum Gasteiger partial charge on any atom is 0.266 e. The van der Waals surface area contributed by atoms with Crippen LogP contribution in [-0.2, 0) is 14.4 Å². The number of hydrazine groups is 1. The zero-order valence-corrected chi connectivity index (χ0v) is 22.7. The van der Waals surface area contributed by atoms with E-state index < -0.39 is 0 Å². The van der Waals surface area contributed by atoms with Crippen molar-refractivity contribution in [2.45, 2.75) is 37.8 Å². The molecule has 3 amide bonds. The fraction of sp³-hybridized carbons (Fsp3) is 0.269. The number of carbonyl (C=O) groups is 3. The second kappa shape index (κ2) is 12.9. The predicted molar refractivity (Wildman–Crippen MR) is 153 cm³/mol. The summed E-state index contributed by atoms with van der Waals surface area (Å²) in [6.45, 7) is 2.54. The van der Waals surface area contributed by atoms with Crippen molar-refractivity contribution >= 4 is 74.9 Å². The molecule has 1 fully saturated rings. The van der Waals surface area contributed by atoms with E-state index in [4.69, 9.17) is 12.2 Å². The first-order chi connectivity index (χ1) is 17.9. The van der Waals surface area contributed by atoms with Crippen LogP contribution in [0.4, 0.5) is 0 Å². The van der Waals surface area contributed by atoms with Gasteiger partial charge in [0.25, 0.3) is 5.91 Å². The summed E-state index contributed by atoms with van der Waals surface area (Å²) in [5, 5.41) is 0.648. The van der Waals surface area contributed by atoms with Crippen LogP contribution in [0, 0.1) is 6.92 Å². The molecule has 2 aromatic carbocycles. The second-order valence-corrected chi connectivity index (χ2v) is 11.1. The highest BCUT2D eigenvalue weighted by molar-refractivity contribution is 8.26. The number of benzene rings is 2. The van der Waals surface area contributed by atoms with E-state index in [1.165, 1.54) is 29.1 Å². The lowest BCUT2D eigenvalue weighted by molar-refractivity contribution is -0.127. The third-order valence-corrected chi connectivity index (χ3v) is 7.83. The van der Waals surface area contributed by atoms with Crippen molar-refractivity contribution < 1.29 is 14.4 Å². The fourth-order valence-corrected chi connectivity index (χ4v) is 5.60. The molecule has 3 aromatic rings. The average Bonchev–Trinajstić information content (AvgIpc) is 3.42. The van der Waals surface area contributed by atoms with Crippen LogP contribution in [0.2, 0.25) is 0 Å². The Morgan fingerprint density at radius 1 is 1.08 bits per heavy atom. The van der Waals surface area contributed by atoms with Gasteiger partial charge in [0.05, 0.1) is 21.7 Å². The van der Waals surface area contributed by atoms with Gasteiger partial charge in [-0.05, 0) is 43.5 Å². The van der Waals surface area contributed by atoms with E-state index in [0.717, 1.165) is 29.4 Å². The minimum atomic E-state index is -0.313. The van der Waals surface area contributed by atoms with Gasteiger partial charge in [-0.25, -0.2) is 4.98 Å². The maximum absolute atomic E-state index is 12.7. The van der Waals surface area contributed by atoms with Crippen molar-refractivity contribution in [2.24, 2.45) is 0 Å². The maximum atomic E-state index is 12.7. The van der Waals surface area contributed by atoms with Gasteiger partial charge in [-0.3, -0.25) is 30.1 Å². The van der Waals surface area contributed by atoms with E-state index in [0.29, 0.717) is 27.3 Å². The zero-order valence-electron chi connectivity index (χ0n) is 20.3. The van der Waals surface area contributed by atoms with Crippen molar-refractivity contribution in [3.63, 3.8) is 0 Å². The summed E-state index contributed by atoms with van der Waals surface area (Å²) in [6.07, 6.45) is 4.29. The Hall–Kier alpha value is -3.15. The van der Waals surface area contributed by atoms with Crippen LogP contribution in [-0.4, -0.2) is 49.2 Å². The fourth-order valence-electron chi connectivity index (χ4n) is 3.61. The zero-order chi connectivity index (χ0) is 26.2. The molecule has 1 aliphatic rings. The third kappa shape index (κ3) is 7.67. The Morgan fingerprint density at radius 2 is 1.84 bits per heavy atom. The number of thioether (sulfide) groups is 2. The number of nitrogens with one attached hydrogen (secondary N) is 3. The van der Waals surface area contributed by atoms with Gasteiger partial charge in [0, 0.05) is 13.0 Å². The lowest BCUT2D eigenvalue weighted by Crippen LogP contribution is -2.42. The van der Waals surface area contributed by atoms with Crippen molar-refractivity contribution in [1.82, 2.24) is 25.7 Å². The van der Waals surface area contributed by atoms with E-state index in [1.807, 2.05) is 61.5 Å². The van der Waals surface area contributed by atoms with Gasteiger partial charge in [-0.1, -0.05) is 84.1 Å². The molecule has 1 aromatic heterocycles. The van der Waals surface area contributed by atoms with E-state index in [9.17, 15) is 14.4 Å². The molecule has 192 valence electrons. The number of rotatable bonds is 10. The van der Waals surface area contributed by atoms with Crippen LogP contribution < -0.4 is 10.9 Å². The lowest BCUT2D eigenvalue weighted by Gasteiger charge is -2.14. The second-order valence-electron chi connectivity index (χ2n) is 8.50. The molecule has 0 spiro atoms. The number of para-hydroxylation sites is 2. The number of carbonyl (C=O) groups excluding carboxylic acids is 3. The Balaban J connectivity index is 1.10. The number of unbranched alkanes of at least 4 members (excludes halogenated alkanes) is 2. The highest BCUT2D eigenvalue weighted by Crippen LogP contribution is 2.32. The summed E-state index contributed by atoms with van der Waals surface area (Å²) >= 11 is 7.98. The third-order valence-electron chi connectivity index (χ3n) is 5.58. The number of aryl methyl sites for hydroxylation is 1. The van der Waals surface area contributed by atoms with Crippen LogP contribution in [0.15, 0.2) is 58.6 Å². The molecule has 0 radical (unpaired) electrons. The summed E-state index contributed by atoms with van der Waals surface area (Å²) in [6, 6.07) is 15.6. The highest BCUT2D eigenvalue weighted by Gasteiger charge is 2.31. The lowest BCUT2D eigenvalue weighted by atomic mass is 10.1. The molecule has 11 heteroatoms. The van der Waals surface area contributed by atoms with E-state index in [2.05, 4.69) is 20.8 Å². The van der Waals surface area contributed by atoms with Crippen molar-refractivity contribution in [2.75, 3.05) is 12.3 Å². The number of aromatic nitrogens is 2. The minimum absolute atomic E-state index is 0.0726. The predicted octanol–water partition coefficient (Wildman–Crippen LogP) is 4.57. The average molecular weight is 554 g/mol. The number of hydrogen-bond donors (Lipinski definition) is 3. The van der Waals surface area contributed by atoms with E-state index in [1.54, 1.807) is 4.90 Å². The molecule has 1 saturated heterocycles. The van der Waals surface area contributed by atoms with Gasteiger partial charge in [0.2, 0.25) is 11.8 Å². The standard InChI is InChI=1S/C26H27N5O3S3/c1-17-10-12-18(13-11-17)15-21-24(34)31(26(35)37-21)14-6-2-3-9-22(32)29-30-23(33)16-36-25-27-19-7-4-5-8-20(19)28-25/h4-5,7-8,10-13,15H,2-3,6,9,14,16H2,1H3,(H,27,28)(H,29,32)(H,30,33). The number of thiocarbonyl (C=S) groups is 1. The summed E-state index contributed by atoms with van der Waals surface area (Å²) in [7, 11) is 0. The molecular weight excluding hydrogens is 527 g/mol. The monoisotopic (exact) mass is 553 g/mol. The van der Waals surface area contributed by atoms with Gasteiger partial charge in [-0.15, -0.1) is 0 Å². The van der Waals surface area contributed by atoms with E-state index >= 15 is 0 Å². The molecule has 1 aliphatic heterocycles. The summed E-state index contributed by atoms with van der Waals surface area (Å²) in [5.41, 5.74) is 8.76. The van der Waals surface area contributed by atoms with Crippen LogP contribution >= 0.6 is 35.7 Å². The Kier molecular flexibility index (Phi) is 9.37. The van der Waals surface area contributed by atoms with Gasteiger partial charge in [-0.2, -0.15) is 0 Å². The van der Waals surface area contributed by atoms with Gasteiger partial charge in [0.15, 0.2) is 5.16 Å². The SMILES string of the molecule is Cc1ccc(C=C2SC(=S)N(CCCCCC(=O)NNC(=O)CSc3nc4ccccc4[nH]3)C2=O)cc1. The Morgan fingerprint density at radius 3 is 2.62 bits per heavy atom. The number of amides is 3. The van der Waals surface area contributed by atoms with Gasteiger partial charge >= 0.3 is 0 Å².